The second-order valence-corrected chi connectivity index (χ2v) is 4.17. The summed E-state index contributed by atoms with van der Waals surface area (Å²) in [6.07, 6.45) is 0. The highest BCUT2D eigenvalue weighted by molar-refractivity contribution is 5.75. The van der Waals surface area contributed by atoms with Gasteiger partial charge >= 0.3 is 5.97 Å². The van der Waals surface area contributed by atoms with E-state index in [1.165, 1.54) is 5.56 Å². The molecule has 18 heavy (non-hydrogen) atoms. The summed E-state index contributed by atoms with van der Waals surface area (Å²) >= 11 is 0. The van der Waals surface area contributed by atoms with E-state index in [2.05, 4.69) is 5.32 Å². The summed E-state index contributed by atoms with van der Waals surface area (Å²) in [6.45, 7) is 6.45. The fourth-order valence-electron chi connectivity index (χ4n) is 1.65. The van der Waals surface area contributed by atoms with E-state index in [0.29, 0.717) is 6.61 Å². The molecule has 100 valence electrons. The van der Waals surface area contributed by atoms with E-state index in [-0.39, 0.29) is 12.6 Å². The van der Waals surface area contributed by atoms with Crippen molar-refractivity contribution in [2.75, 3.05) is 20.3 Å². The van der Waals surface area contributed by atoms with Gasteiger partial charge in [0.05, 0.1) is 6.61 Å². The lowest BCUT2D eigenvalue weighted by molar-refractivity contribution is -0.146. The Bertz CT molecular complexity index is 404. The number of ether oxygens (including phenoxy) is 2. The Balaban J connectivity index is 2.59. The highest BCUT2D eigenvalue weighted by Crippen LogP contribution is 2.18. The summed E-state index contributed by atoms with van der Waals surface area (Å²) in [4.78, 5) is 11.6. The van der Waals surface area contributed by atoms with Crippen molar-refractivity contribution in [3.63, 3.8) is 0 Å². The van der Waals surface area contributed by atoms with E-state index >= 15 is 0 Å². The third kappa shape index (κ3) is 4.04. The molecule has 0 saturated heterocycles. The summed E-state index contributed by atoms with van der Waals surface area (Å²) in [5.41, 5.74) is 2.25. The molecule has 0 radical (unpaired) electrons. The summed E-state index contributed by atoms with van der Waals surface area (Å²) in [5, 5.41) is 2.89. The van der Waals surface area contributed by atoms with Crippen LogP contribution in [0.5, 0.6) is 5.75 Å². The van der Waals surface area contributed by atoms with Gasteiger partial charge in [-0.25, -0.2) is 0 Å². The van der Waals surface area contributed by atoms with E-state index in [1.54, 1.807) is 14.0 Å². The summed E-state index contributed by atoms with van der Waals surface area (Å²) in [5.74, 6) is 0.509. The molecule has 1 atom stereocenters. The SMILES string of the molecule is CCOC(=O)C(COc1ccc(C)cc1C)NC. The van der Waals surface area contributed by atoms with Crippen molar-refractivity contribution >= 4 is 5.97 Å². The molecular formula is C14H21NO3. The molecule has 0 aliphatic heterocycles. The Hall–Kier alpha value is -1.55. The zero-order chi connectivity index (χ0) is 13.5. The first-order valence-corrected chi connectivity index (χ1v) is 6.12. The molecule has 0 amide bonds. The van der Waals surface area contributed by atoms with Crippen LogP contribution in [-0.4, -0.2) is 32.3 Å². The minimum Gasteiger partial charge on any atom is -0.491 e. The molecule has 0 aliphatic carbocycles. The first kappa shape index (κ1) is 14.5. The third-order valence-corrected chi connectivity index (χ3v) is 2.66. The highest BCUT2D eigenvalue weighted by Gasteiger charge is 2.18. The van der Waals surface area contributed by atoms with Crippen LogP contribution < -0.4 is 10.1 Å². The number of esters is 1. The van der Waals surface area contributed by atoms with Gasteiger partial charge in [-0.3, -0.25) is 4.79 Å². The quantitative estimate of drug-likeness (QED) is 0.784. The molecular weight excluding hydrogens is 230 g/mol. The molecule has 1 aromatic carbocycles. The minimum absolute atomic E-state index is 0.263. The summed E-state index contributed by atoms with van der Waals surface area (Å²) in [7, 11) is 1.72. The largest absolute Gasteiger partial charge is 0.491 e. The Kier molecular flexibility index (Phi) is 5.65. The smallest absolute Gasteiger partial charge is 0.326 e. The number of nitrogens with one attached hydrogen (secondary N) is 1. The summed E-state index contributed by atoms with van der Waals surface area (Å²) in [6, 6.07) is 5.52. The zero-order valence-corrected chi connectivity index (χ0v) is 11.4. The van der Waals surface area contributed by atoms with Crippen molar-refractivity contribution < 1.29 is 14.3 Å². The van der Waals surface area contributed by atoms with Crippen LogP contribution in [0.1, 0.15) is 18.1 Å². The van der Waals surface area contributed by atoms with E-state index in [0.717, 1.165) is 11.3 Å². The topological polar surface area (TPSA) is 47.6 Å². The maximum absolute atomic E-state index is 11.6. The Morgan fingerprint density at radius 1 is 1.39 bits per heavy atom. The van der Waals surface area contributed by atoms with E-state index < -0.39 is 6.04 Å². The van der Waals surface area contributed by atoms with Gasteiger partial charge < -0.3 is 14.8 Å². The molecule has 0 spiro atoms. The average Bonchev–Trinajstić information content (AvgIpc) is 2.32. The molecule has 0 heterocycles. The molecule has 1 unspecified atom stereocenters. The molecule has 0 bridgehead atoms. The predicted molar refractivity (Wildman–Crippen MR) is 70.9 cm³/mol. The Morgan fingerprint density at radius 3 is 2.67 bits per heavy atom. The van der Waals surface area contributed by atoms with Gasteiger partial charge in [-0.15, -0.1) is 0 Å². The van der Waals surface area contributed by atoms with Crippen molar-refractivity contribution in [1.82, 2.24) is 5.32 Å². The van der Waals surface area contributed by atoms with Gasteiger partial charge in [-0.1, -0.05) is 17.7 Å². The number of hydrogen-bond acceptors (Lipinski definition) is 4. The number of benzene rings is 1. The number of aryl methyl sites for hydroxylation is 2. The van der Waals surface area contributed by atoms with Gasteiger partial charge in [-0.05, 0) is 39.4 Å². The third-order valence-electron chi connectivity index (χ3n) is 2.66. The highest BCUT2D eigenvalue weighted by atomic mass is 16.5. The molecule has 1 rings (SSSR count). The monoisotopic (exact) mass is 251 g/mol. The molecule has 0 saturated carbocycles. The molecule has 1 N–H and O–H groups in total. The normalized spacial score (nSPS) is 12.0. The summed E-state index contributed by atoms with van der Waals surface area (Å²) < 4.78 is 10.6. The van der Waals surface area contributed by atoms with E-state index in [4.69, 9.17) is 9.47 Å². The van der Waals surface area contributed by atoms with Crippen LogP contribution in [0.15, 0.2) is 18.2 Å². The maximum atomic E-state index is 11.6. The van der Waals surface area contributed by atoms with Gasteiger partial charge in [-0.2, -0.15) is 0 Å². The van der Waals surface area contributed by atoms with Gasteiger partial charge in [0.25, 0.3) is 0 Å². The van der Waals surface area contributed by atoms with Crippen LogP contribution in [0.3, 0.4) is 0 Å². The van der Waals surface area contributed by atoms with Crippen LogP contribution in [0.4, 0.5) is 0 Å². The number of hydrogen-bond donors (Lipinski definition) is 1. The molecule has 0 aliphatic rings. The molecule has 4 heteroatoms. The number of rotatable bonds is 6. The van der Waals surface area contributed by atoms with Crippen LogP contribution >= 0.6 is 0 Å². The van der Waals surface area contributed by atoms with Crippen molar-refractivity contribution in [1.29, 1.82) is 0 Å². The van der Waals surface area contributed by atoms with Gasteiger partial charge in [0.2, 0.25) is 0 Å². The fourth-order valence-corrected chi connectivity index (χ4v) is 1.65. The molecule has 4 nitrogen and oxygen atoms in total. The van der Waals surface area contributed by atoms with Crippen LogP contribution in [0.2, 0.25) is 0 Å². The standard InChI is InChI=1S/C14H21NO3/c1-5-17-14(16)12(15-4)9-18-13-7-6-10(2)8-11(13)3/h6-8,12,15H,5,9H2,1-4H3. The zero-order valence-electron chi connectivity index (χ0n) is 11.4. The van der Waals surface area contributed by atoms with Gasteiger partial charge in [0.1, 0.15) is 18.4 Å². The van der Waals surface area contributed by atoms with Crippen molar-refractivity contribution in [3.05, 3.63) is 29.3 Å². The first-order valence-electron chi connectivity index (χ1n) is 6.12. The van der Waals surface area contributed by atoms with E-state index in [1.807, 2.05) is 32.0 Å². The first-order chi connectivity index (χ1) is 8.58. The van der Waals surface area contributed by atoms with Crippen molar-refractivity contribution in [2.24, 2.45) is 0 Å². The Morgan fingerprint density at radius 2 is 2.11 bits per heavy atom. The lowest BCUT2D eigenvalue weighted by Crippen LogP contribution is -2.40. The second-order valence-electron chi connectivity index (χ2n) is 4.17. The fraction of sp³-hybridized carbons (Fsp3) is 0.500. The van der Waals surface area contributed by atoms with Gasteiger partial charge in [0, 0.05) is 0 Å². The number of carbonyl (C=O) groups excluding carboxylic acids is 1. The Labute approximate surface area is 108 Å². The number of carbonyl (C=O) groups is 1. The lowest BCUT2D eigenvalue weighted by Gasteiger charge is -2.16. The maximum Gasteiger partial charge on any atom is 0.326 e. The van der Waals surface area contributed by atoms with Crippen LogP contribution in [-0.2, 0) is 9.53 Å². The van der Waals surface area contributed by atoms with Crippen LogP contribution in [0.25, 0.3) is 0 Å². The molecule has 0 aromatic heterocycles. The van der Waals surface area contributed by atoms with Crippen molar-refractivity contribution in [3.8, 4) is 5.75 Å². The van der Waals surface area contributed by atoms with E-state index in [9.17, 15) is 4.79 Å². The lowest BCUT2D eigenvalue weighted by atomic mass is 10.1. The second kappa shape index (κ2) is 7.01. The molecule has 0 fully saturated rings. The predicted octanol–water partition coefficient (Wildman–Crippen LogP) is 1.83. The van der Waals surface area contributed by atoms with Crippen LogP contribution in [0, 0.1) is 13.8 Å². The number of likely N-dealkylation sites (N-methyl/N-ethyl adjacent to an activating group) is 1. The average molecular weight is 251 g/mol. The van der Waals surface area contributed by atoms with Gasteiger partial charge in [0.15, 0.2) is 0 Å². The minimum atomic E-state index is -0.439. The van der Waals surface area contributed by atoms with Crippen molar-refractivity contribution in [2.45, 2.75) is 26.8 Å². The molecule has 1 aromatic rings.